The lowest BCUT2D eigenvalue weighted by molar-refractivity contribution is -0.140. The van der Waals surface area contributed by atoms with Gasteiger partial charge in [0.25, 0.3) is 5.91 Å². The van der Waals surface area contributed by atoms with Gasteiger partial charge in [-0.25, -0.2) is 0 Å². The van der Waals surface area contributed by atoms with Crippen molar-refractivity contribution in [2.24, 2.45) is 45.1 Å². The number of nitrogens with two attached hydrogens (primary N) is 7. The Labute approximate surface area is 576 Å². The van der Waals surface area contributed by atoms with Gasteiger partial charge in [0.15, 0.2) is 5.96 Å². The molecule has 28 heteroatoms. The molecule has 1 saturated heterocycles. The van der Waals surface area contributed by atoms with Crippen molar-refractivity contribution < 1.29 is 43.2 Å². The molecule has 21 N–H and O–H groups in total. The third-order valence-electron chi connectivity index (χ3n) is 16.9. The summed E-state index contributed by atoms with van der Waals surface area (Å²) in [5.41, 5.74) is 44.5. The van der Waals surface area contributed by atoms with E-state index in [-0.39, 0.29) is 82.2 Å². The van der Waals surface area contributed by atoms with E-state index in [1.54, 1.807) is 41.6 Å². The molecule has 28 nitrogen and oxygen atoms in total. The highest BCUT2D eigenvalue weighted by molar-refractivity contribution is 5.98. The van der Waals surface area contributed by atoms with Gasteiger partial charge >= 0.3 is 0 Å². The zero-order chi connectivity index (χ0) is 70.9. The maximum Gasteiger partial charge on any atom is 0.251 e. The Bertz CT molecular complexity index is 3050. The number of aromatic nitrogens is 2. The molecular formula is C70H107N19O9. The monoisotopic (exact) mass is 1360 g/mol. The van der Waals surface area contributed by atoms with Gasteiger partial charge in [0, 0.05) is 70.1 Å². The average Bonchev–Trinajstić information content (AvgIpc) is 2.08. The summed E-state index contributed by atoms with van der Waals surface area (Å²) in [4.78, 5) is 143. The van der Waals surface area contributed by atoms with Crippen molar-refractivity contribution in [1.82, 2.24) is 57.0 Å². The highest BCUT2D eigenvalue weighted by Gasteiger charge is 2.37. The number of amides is 9. The lowest BCUT2D eigenvalue weighted by Crippen LogP contribution is -2.60. The fraction of sp³-hybridized carbons (Fsp3) is 0.543. The number of likely N-dealkylation sites (tertiary alicyclic amines) is 1. The Hall–Kier alpha value is -8.96. The number of aliphatic imine (C=N–C) groups is 1. The largest absolute Gasteiger partial charge is 0.370 e. The van der Waals surface area contributed by atoms with E-state index in [0.717, 1.165) is 22.5 Å². The number of rotatable bonds is 48. The van der Waals surface area contributed by atoms with Crippen LogP contribution in [0.3, 0.4) is 0 Å². The molecule has 3 heterocycles. The number of hydrogen-bond donors (Lipinski definition) is 14. The summed E-state index contributed by atoms with van der Waals surface area (Å²) in [7, 11) is 0. The zero-order valence-corrected chi connectivity index (χ0v) is 56.7. The first-order chi connectivity index (χ1) is 47.4. The minimum atomic E-state index is -1.30. The lowest BCUT2D eigenvalue weighted by atomic mass is 10.0. The number of benzene rings is 2. The quantitative estimate of drug-likeness (QED) is 0.0168. The molecule has 0 spiro atoms. The van der Waals surface area contributed by atoms with Crippen molar-refractivity contribution in [3.8, 4) is 0 Å². The van der Waals surface area contributed by atoms with Gasteiger partial charge in [0.1, 0.15) is 42.3 Å². The van der Waals surface area contributed by atoms with Crippen LogP contribution in [0.15, 0.2) is 108 Å². The van der Waals surface area contributed by atoms with Gasteiger partial charge < -0.3 is 82.3 Å². The maximum absolute atomic E-state index is 14.6. The number of carbonyl (C=O) groups excluding carboxylic acids is 9. The van der Waals surface area contributed by atoms with Crippen LogP contribution in [0.2, 0.25) is 0 Å². The molecule has 4 aromatic rings. The minimum Gasteiger partial charge on any atom is -0.370 e. The maximum atomic E-state index is 14.6. The zero-order valence-electron chi connectivity index (χ0n) is 56.7. The number of primary amides is 1. The summed E-state index contributed by atoms with van der Waals surface area (Å²) in [6.07, 6.45) is 10.9. The number of nitrogens with one attached hydrogen (secondary N) is 7. The van der Waals surface area contributed by atoms with E-state index in [0.29, 0.717) is 141 Å². The molecule has 2 aromatic carbocycles. The van der Waals surface area contributed by atoms with Gasteiger partial charge in [0.05, 0.1) is 11.4 Å². The molecular weight excluding hydrogens is 1250 g/mol. The molecule has 0 unspecified atom stereocenters. The third-order valence-corrected chi connectivity index (χ3v) is 16.9. The van der Waals surface area contributed by atoms with E-state index < -0.39 is 83.6 Å². The summed E-state index contributed by atoms with van der Waals surface area (Å²) in [6, 6.07) is 20.1. The summed E-state index contributed by atoms with van der Waals surface area (Å²) in [6.45, 7) is 3.93. The second-order valence-electron chi connectivity index (χ2n) is 24.8. The number of unbranched alkanes of at least 4 members (excludes halogenated alkanes) is 6. The number of carbonyl (C=O) groups is 9. The second-order valence-corrected chi connectivity index (χ2v) is 24.8. The summed E-state index contributed by atoms with van der Waals surface area (Å²) in [5.74, 6) is -5.43. The number of nitrogens with zero attached hydrogens (tertiary/aromatic N) is 5. The standard InChI is InChI=1S/C70H107N19O9/c71-36-12-6-25-54(64(93)82-55(26-7-13-37-72)65(94)85-58(29-19-43-81-70(76)77)67(96)84-56(27-8-14-38-73)68(97)87-59(62(75)91)45-49-21-3-1-4-22-49)83-66(95)57(28-9-15-39-74)86-69(98)60-30-20-44-89(60)61(90)31-5-2-16-42-80-63(92)51-34-32-50(33-35-51)46-88(47-52-23-10-17-40-78-52)48-53-24-11-18-41-79-53/h1,3-4,10-11,17-18,21-24,32-35,40-41,54-60H,2,5-9,12-16,19-20,25-31,36-39,42-48,71-74H2,(H2,75,91)(H,80,92)(H,82,93)(H,83,95)(H,84,96)(H,85,94)(H,86,98)(H,87,97)(H4,76,77,81)/t54-,55-,56-,57-,58-,59-,60-/m0/s1. The van der Waals surface area contributed by atoms with E-state index in [4.69, 9.17) is 40.1 Å². The predicted molar refractivity (Wildman–Crippen MR) is 376 cm³/mol. The minimum absolute atomic E-state index is 0.0145. The number of pyridine rings is 2. The summed E-state index contributed by atoms with van der Waals surface area (Å²) >= 11 is 0. The second kappa shape index (κ2) is 45.5. The first-order valence-corrected chi connectivity index (χ1v) is 34.6. The number of guanidine groups is 1. The molecule has 1 aliphatic heterocycles. The van der Waals surface area contributed by atoms with Crippen LogP contribution in [0.25, 0.3) is 0 Å². The summed E-state index contributed by atoms with van der Waals surface area (Å²) in [5, 5.41) is 19.8. The molecule has 0 aliphatic carbocycles. The normalized spacial score (nSPS) is 14.5. The average molecular weight is 1360 g/mol. The van der Waals surface area contributed by atoms with Gasteiger partial charge in [-0.05, 0) is 189 Å². The Balaban J connectivity index is 1.19. The molecule has 536 valence electrons. The van der Waals surface area contributed by atoms with Crippen LogP contribution in [-0.4, -0.2) is 167 Å². The molecule has 7 atom stereocenters. The highest BCUT2D eigenvalue weighted by Crippen LogP contribution is 2.21. The third kappa shape index (κ3) is 29.8. The fourth-order valence-corrected chi connectivity index (χ4v) is 11.5. The highest BCUT2D eigenvalue weighted by atomic mass is 16.2. The summed E-state index contributed by atoms with van der Waals surface area (Å²) < 4.78 is 0. The molecule has 0 radical (unpaired) electrons. The smallest absolute Gasteiger partial charge is 0.251 e. The lowest BCUT2D eigenvalue weighted by Gasteiger charge is -2.29. The van der Waals surface area contributed by atoms with Crippen molar-refractivity contribution in [3.05, 3.63) is 131 Å². The van der Waals surface area contributed by atoms with Crippen LogP contribution in [-0.2, 0) is 64.4 Å². The molecule has 2 aromatic heterocycles. The van der Waals surface area contributed by atoms with Crippen molar-refractivity contribution in [2.45, 2.75) is 197 Å². The SMILES string of the molecule is NCCCC[C@H](NC(=O)[C@H](CCCN=C(N)N)NC(=O)[C@H](CCCCN)NC(=O)[C@H](CCCCN)NC(=O)[C@H](CCCCN)NC(=O)[C@@H]1CCCN1C(=O)CCCCCNC(=O)c1ccc(CN(Cc2ccccn2)Cc2ccccn2)cc1)C(=O)N[C@@H](Cc1ccccc1)C(N)=O. The van der Waals surface area contributed by atoms with Gasteiger partial charge in [0.2, 0.25) is 47.3 Å². The van der Waals surface area contributed by atoms with Crippen LogP contribution in [0, 0.1) is 0 Å². The van der Waals surface area contributed by atoms with Gasteiger partial charge in [-0.2, -0.15) is 0 Å². The fourth-order valence-electron chi connectivity index (χ4n) is 11.5. The molecule has 98 heavy (non-hydrogen) atoms. The Morgan fingerprint density at radius 3 is 1.40 bits per heavy atom. The van der Waals surface area contributed by atoms with Crippen LogP contribution in [0.4, 0.5) is 0 Å². The van der Waals surface area contributed by atoms with Crippen molar-refractivity contribution in [1.29, 1.82) is 0 Å². The van der Waals surface area contributed by atoms with Crippen molar-refractivity contribution >= 4 is 59.1 Å². The molecule has 5 rings (SSSR count). The van der Waals surface area contributed by atoms with E-state index in [9.17, 15) is 43.2 Å². The van der Waals surface area contributed by atoms with E-state index in [2.05, 4.69) is 57.1 Å². The predicted octanol–water partition coefficient (Wildman–Crippen LogP) is 1.17. The van der Waals surface area contributed by atoms with Crippen LogP contribution in [0.5, 0.6) is 0 Å². The van der Waals surface area contributed by atoms with E-state index >= 15 is 0 Å². The van der Waals surface area contributed by atoms with Gasteiger partial charge in [-0.1, -0.05) is 61.0 Å². The van der Waals surface area contributed by atoms with Crippen molar-refractivity contribution in [2.75, 3.05) is 45.8 Å². The Kier molecular flexibility index (Phi) is 37.0. The molecule has 0 saturated carbocycles. The van der Waals surface area contributed by atoms with Crippen LogP contribution >= 0.6 is 0 Å². The molecule has 1 fully saturated rings. The first-order valence-electron chi connectivity index (χ1n) is 34.6. The van der Waals surface area contributed by atoms with Crippen LogP contribution < -0.4 is 77.4 Å². The van der Waals surface area contributed by atoms with Gasteiger partial charge in [-0.3, -0.25) is 63.0 Å². The van der Waals surface area contributed by atoms with Gasteiger partial charge in [-0.15, -0.1) is 0 Å². The number of hydrogen-bond acceptors (Lipinski definition) is 17. The topological polar surface area (TPSA) is 465 Å². The first kappa shape index (κ1) is 79.7. The molecule has 9 amide bonds. The van der Waals surface area contributed by atoms with E-state index in [1.807, 2.05) is 66.7 Å². The molecule has 0 bridgehead atoms. The Morgan fingerprint density at radius 2 is 0.949 bits per heavy atom. The molecule has 1 aliphatic rings. The van der Waals surface area contributed by atoms with Crippen molar-refractivity contribution in [3.63, 3.8) is 0 Å². The van der Waals surface area contributed by atoms with Crippen LogP contribution in [0.1, 0.15) is 161 Å². The Morgan fingerprint density at radius 1 is 0.490 bits per heavy atom. The van der Waals surface area contributed by atoms with E-state index in [1.165, 1.54) is 0 Å².